The third-order valence-corrected chi connectivity index (χ3v) is 7.46. The van der Waals surface area contributed by atoms with Crippen LogP contribution in [-0.2, 0) is 0 Å². The van der Waals surface area contributed by atoms with Crippen molar-refractivity contribution < 1.29 is 5.32 Å². The summed E-state index contributed by atoms with van der Waals surface area (Å²) in [7, 11) is 0. The summed E-state index contributed by atoms with van der Waals surface area (Å²) in [6.45, 7) is 0. The molecule has 4 heteroatoms. The Morgan fingerprint density at radius 3 is 1.43 bits per heavy atom. The van der Waals surface area contributed by atoms with E-state index in [1.165, 1.54) is 44.2 Å². The Labute approximate surface area is 216 Å². The number of para-hydroxylation sites is 2. The summed E-state index contributed by atoms with van der Waals surface area (Å²) < 4.78 is 2.36. The van der Waals surface area contributed by atoms with Gasteiger partial charge in [-0.25, -0.2) is 10.6 Å². The van der Waals surface area contributed by atoms with Crippen LogP contribution in [0.2, 0.25) is 0 Å². The molecule has 0 spiro atoms. The summed E-state index contributed by atoms with van der Waals surface area (Å²) in [5.41, 5.74) is 7.40. The van der Waals surface area contributed by atoms with Gasteiger partial charge >= 0.3 is 0 Å². The number of rotatable bonds is 4. The summed E-state index contributed by atoms with van der Waals surface area (Å²) in [5.74, 6) is 0. The number of quaternary nitrogens is 1. The number of nitrogens with one attached hydrogen (secondary N) is 2. The molecule has 0 bridgehead atoms. The van der Waals surface area contributed by atoms with Gasteiger partial charge in [-0.3, -0.25) is 0 Å². The molecule has 1 aliphatic heterocycles. The van der Waals surface area contributed by atoms with Gasteiger partial charge in [0.25, 0.3) is 0 Å². The number of benzene rings is 5. The van der Waals surface area contributed by atoms with E-state index in [1.807, 2.05) is 0 Å². The zero-order chi connectivity index (χ0) is 24.6. The Kier molecular flexibility index (Phi) is 5.56. The van der Waals surface area contributed by atoms with Crippen LogP contribution in [0, 0.1) is 0 Å². The van der Waals surface area contributed by atoms with Gasteiger partial charge in [0, 0.05) is 27.6 Å². The maximum absolute atomic E-state index is 3.83. The van der Waals surface area contributed by atoms with E-state index in [1.54, 1.807) is 0 Å². The molecule has 0 aliphatic carbocycles. The fraction of sp³-hybridized carbons (Fsp3) is 0.0909. The molecule has 5 aromatic carbocycles. The largest absolute Gasteiger partial charge is 0.309 e. The van der Waals surface area contributed by atoms with E-state index in [4.69, 9.17) is 0 Å². The Morgan fingerprint density at radius 2 is 0.919 bits per heavy atom. The summed E-state index contributed by atoms with van der Waals surface area (Å²) >= 11 is 0. The van der Waals surface area contributed by atoms with Crippen LogP contribution in [0.25, 0.3) is 27.5 Å². The molecule has 2 heterocycles. The number of nitrogens with zero attached hydrogens (tertiary/aromatic N) is 1. The number of hydrogen-bond donors (Lipinski definition) is 3. The summed E-state index contributed by atoms with van der Waals surface area (Å²) in [5, 5.41) is 12.6. The van der Waals surface area contributed by atoms with E-state index in [2.05, 4.69) is 154 Å². The zero-order valence-electron chi connectivity index (χ0n) is 20.5. The molecule has 2 atom stereocenters. The normalized spacial score (nSPS) is 19.8. The molecule has 1 aromatic heterocycles. The van der Waals surface area contributed by atoms with Crippen LogP contribution in [0.1, 0.15) is 35.2 Å². The lowest BCUT2D eigenvalue weighted by Crippen LogP contribution is -2.94. The lowest BCUT2D eigenvalue weighted by atomic mass is 10.0. The molecule has 7 rings (SSSR count). The highest BCUT2D eigenvalue weighted by Crippen LogP contribution is 2.32. The maximum atomic E-state index is 3.83. The Balaban J connectivity index is 1.26. The molecule has 1 aliphatic rings. The highest BCUT2D eigenvalue weighted by molar-refractivity contribution is 6.09. The van der Waals surface area contributed by atoms with E-state index in [0.29, 0.717) is 0 Å². The highest BCUT2D eigenvalue weighted by atomic mass is 15.4. The van der Waals surface area contributed by atoms with Gasteiger partial charge in [0.2, 0.25) is 0 Å². The van der Waals surface area contributed by atoms with Crippen LogP contribution in [0.15, 0.2) is 133 Å². The molecule has 37 heavy (non-hydrogen) atoms. The minimum atomic E-state index is 0.0209. The van der Waals surface area contributed by atoms with Gasteiger partial charge in [-0.15, -0.1) is 0 Å². The molecular weight excluding hydrogens is 452 g/mol. The SMILES string of the molecule is c1ccc(C2NC(c3ccc(-n4c5ccccc5c5ccccc54)cc3)NC(c3ccccc3)[NH2+]2)cc1. The van der Waals surface area contributed by atoms with Crippen molar-refractivity contribution in [1.29, 1.82) is 0 Å². The van der Waals surface area contributed by atoms with Crippen molar-refractivity contribution in [2.45, 2.75) is 18.5 Å². The molecule has 0 radical (unpaired) electrons. The molecular formula is C33H29N4+. The average Bonchev–Trinajstić information content (AvgIpc) is 3.32. The lowest BCUT2D eigenvalue weighted by Gasteiger charge is -2.36. The summed E-state index contributed by atoms with van der Waals surface area (Å²) in [4.78, 5) is 0. The molecule has 6 aromatic rings. The second-order valence-electron chi connectivity index (χ2n) is 9.70. The van der Waals surface area contributed by atoms with E-state index in [9.17, 15) is 0 Å². The van der Waals surface area contributed by atoms with E-state index in [-0.39, 0.29) is 18.5 Å². The van der Waals surface area contributed by atoms with E-state index < -0.39 is 0 Å². The number of aromatic nitrogens is 1. The standard InChI is InChI=1S/C33H28N4/c1-3-11-23(12-4-1)31-34-32(24-13-5-2-6-14-24)36-33(35-31)25-19-21-26(22-20-25)37-29-17-9-7-15-27(29)28-16-8-10-18-30(28)37/h1-22,31-36H/p+1. The van der Waals surface area contributed by atoms with Crippen LogP contribution in [0.3, 0.4) is 0 Å². The fourth-order valence-electron chi connectivity index (χ4n) is 5.66. The van der Waals surface area contributed by atoms with Crippen LogP contribution in [0.4, 0.5) is 0 Å². The van der Waals surface area contributed by atoms with Gasteiger partial charge in [0.15, 0.2) is 12.3 Å². The van der Waals surface area contributed by atoms with Crippen molar-refractivity contribution in [2.75, 3.05) is 0 Å². The quantitative estimate of drug-likeness (QED) is 0.292. The fourth-order valence-corrected chi connectivity index (χ4v) is 5.66. The molecule has 0 saturated carbocycles. The minimum Gasteiger partial charge on any atom is -0.309 e. The minimum absolute atomic E-state index is 0.0209. The molecule has 180 valence electrons. The van der Waals surface area contributed by atoms with Gasteiger partial charge in [0.1, 0.15) is 0 Å². The van der Waals surface area contributed by atoms with Gasteiger partial charge in [-0.2, -0.15) is 0 Å². The summed E-state index contributed by atoms with van der Waals surface area (Å²) in [6, 6.07) is 47.7. The second-order valence-corrected chi connectivity index (χ2v) is 9.70. The molecule has 4 nitrogen and oxygen atoms in total. The predicted octanol–water partition coefficient (Wildman–Crippen LogP) is 5.94. The smallest absolute Gasteiger partial charge is 0.169 e. The summed E-state index contributed by atoms with van der Waals surface area (Å²) in [6.07, 6.45) is 0.317. The van der Waals surface area contributed by atoms with Gasteiger partial charge in [-0.1, -0.05) is 109 Å². The van der Waals surface area contributed by atoms with Crippen LogP contribution < -0.4 is 16.0 Å². The third kappa shape index (κ3) is 4.02. The first-order valence-corrected chi connectivity index (χ1v) is 12.9. The number of fused-ring (bicyclic) bond motifs is 3. The molecule has 0 amide bonds. The molecule has 2 unspecified atom stereocenters. The highest BCUT2D eigenvalue weighted by Gasteiger charge is 2.33. The predicted molar refractivity (Wildman–Crippen MR) is 150 cm³/mol. The van der Waals surface area contributed by atoms with Crippen molar-refractivity contribution in [3.8, 4) is 5.69 Å². The third-order valence-electron chi connectivity index (χ3n) is 7.46. The molecule has 4 N–H and O–H groups in total. The Hall–Kier alpha value is -4.22. The van der Waals surface area contributed by atoms with Crippen LogP contribution in [-0.4, -0.2) is 4.57 Å². The number of nitrogens with two attached hydrogens (primary N) is 1. The first-order chi connectivity index (χ1) is 18.3. The Bertz CT molecular complexity index is 1560. The van der Waals surface area contributed by atoms with Crippen molar-refractivity contribution in [2.24, 2.45) is 0 Å². The maximum Gasteiger partial charge on any atom is 0.169 e. The zero-order valence-corrected chi connectivity index (χ0v) is 20.5. The monoisotopic (exact) mass is 481 g/mol. The molecule has 1 fully saturated rings. The van der Waals surface area contributed by atoms with Crippen molar-refractivity contribution >= 4 is 21.8 Å². The first kappa shape index (κ1) is 22.0. The van der Waals surface area contributed by atoms with Crippen molar-refractivity contribution in [1.82, 2.24) is 15.2 Å². The van der Waals surface area contributed by atoms with Crippen molar-refractivity contribution in [3.63, 3.8) is 0 Å². The van der Waals surface area contributed by atoms with Crippen LogP contribution in [0.5, 0.6) is 0 Å². The first-order valence-electron chi connectivity index (χ1n) is 12.9. The Morgan fingerprint density at radius 1 is 0.459 bits per heavy atom. The van der Waals surface area contributed by atoms with Crippen LogP contribution >= 0.6 is 0 Å². The van der Waals surface area contributed by atoms with Crippen molar-refractivity contribution in [3.05, 3.63) is 150 Å². The lowest BCUT2D eigenvalue weighted by molar-refractivity contribution is -0.755. The second kappa shape index (κ2) is 9.34. The van der Waals surface area contributed by atoms with E-state index >= 15 is 0 Å². The van der Waals surface area contributed by atoms with Gasteiger partial charge in [-0.05, 0) is 29.8 Å². The number of hydrogen-bond acceptors (Lipinski definition) is 2. The average molecular weight is 482 g/mol. The topological polar surface area (TPSA) is 45.6 Å². The van der Waals surface area contributed by atoms with Gasteiger partial charge in [0.05, 0.1) is 17.2 Å². The molecule has 1 saturated heterocycles. The van der Waals surface area contributed by atoms with Gasteiger partial charge < -0.3 is 9.88 Å². The van der Waals surface area contributed by atoms with E-state index in [0.717, 1.165) is 0 Å².